The number of carbonyl (C=O) groups excluding carboxylic acids is 1. The molecule has 0 spiro atoms. The van der Waals surface area contributed by atoms with Crippen molar-refractivity contribution < 1.29 is 14.3 Å². The van der Waals surface area contributed by atoms with Crippen molar-refractivity contribution in [3.8, 4) is 5.75 Å². The molecule has 1 aliphatic carbocycles. The molecule has 1 atom stereocenters. The number of carbonyl (C=O) groups is 1. The van der Waals surface area contributed by atoms with Gasteiger partial charge in [0.05, 0.1) is 28.0 Å². The summed E-state index contributed by atoms with van der Waals surface area (Å²) in [6.07, 6.45) is 6.37. The number of nitrogens with zero attached hydrogens (tertiary/aromatic N) is 3. The first-order valence-electron chi connectivity index (χ1n) is 10.8. The number of halogens is 2. The molecule has 9 heteroatoms. The van der Waals surface area contributed by atoms with Crippen molar-refractivity contribution in [3.05, 3.63) is 40.1 Å². The number of hydrogen-bond acceptors (Lipinski definition) is 4. The van der Waals surface area contributed by atoms with Gasteiger partial charge in [0.25, 0.3) is 0 Å². The van der Waals surface area contributed by atoms with Gasteiger partial charge >= 0.3 is 0 Å². The van der Waals surface area contributed by atoms with E-state index in [0.717, 1.165) is 30.1 Å². The van der Waals surface area contributed by atoms with E-state index in [-0.39, 0.29) is 18.6 Å². The smallest absolute Gasteiger partial charge is 0.227 e. The third-order valence-electron chi connectivity index (χ3n) is 5.74. The first-order chi connectivity index (χ1) is 14.7. The molecule has 0 radical (unpaired) electrons. The highest BCUT2D eigenvalue weighted by molar-refractivity contribution is 6.76. The Morgan fingerprint density at radius 1 is 1.23 bits per heavy atom. The maximum absolute atomic E-state index is 12.8. The molecule has 6 nitrogen and oxygen atoms in total. The Balaban J connectivity index is 1.46. The second kappa shape index (κ2) is 9.14. The Bertz CT molecular complexity index is 956. The molecule has 1 amide bonds. The Hall–Kier alpha value is -1.54. The number of amides is 1. The lowest BCUT2D eigenvalue weighted by molar-refractivity contribution is -0.117. The van der Waals surface area contributed by atoms with Crippen LogP contribution in [-0.2, 0) is 9.53 Å². The van der Waals surface area contributed by atoms with E-state index >= 15 is 0 Å². The molecule has 0 bridgehead atoms. The van der Waals surface area contributed by atoms with Crippen LogP contribution in [0.2, 0.25) is 35.7 Å². The number of hydrogen-bond donors (Lipinski definition) is 0. The third-order valence-corrected chi connectivity index (χ3v) is 8.26. The Morgan fingerprint density at radius 2 is 2.00 bits per heavy atom. The van der Waals surface area contributed by atoms with E-state index < -0.39 is 8.07 Å². The molecule has 1 aromatic heterocycles. The van der Waals surface area contributed by atoms with Crippen LogP contribution in [0.5, 0.6) is 5.75 Å². The van der Waals surface area contributed by atoms with Gasteiger partial charge in [-0.25, -0.2) is 0 Å². The van der Waals surface area contributed by atoms with Crippen LogP contribution in [0.1, 0.15) is 36.8 Å². The van der Waals surface area contributed by atoms with Gasteiger partial charge in [-0.15, -0.1) is 0 Å². The van der Waals surface area contributed by atoms with Gasteiger partial charge in [-0.1, -0.05) is 42.8 Å². The number of rotatable bonds is 9. The summed E-state index contributed by atoms with van der Waals surface area (Å²) >= 11 is 12.9. The van der Waals surface area contributed by atoms with Crippen molar-refractivity contribution in [1.29, 1.82) is 0 Å². The minimum absolute atomic E-state index is 0.0497. The maximum atomic E-state index is 12.8. The molecular formula is C22H29Cl2N3O3Si. The first kappa shape index (κ1) is 22.6. The zero-order chi connectivity index (χ0) is 22.2. The third kappa shape index (κ3) is 5.45. The Kier molecular flexibility index (Phi) is 6.67. The molecule has 1 unspecified atom stereocenters. The van der Waals surface area contributed by atoms with Crippen molar-refractivity contribution in [2.75, 3.05) is 24.8 Å². The number of ether oxygens (including phenoxy) is 2. The summed E-state index contributed by atoms with van der Waals surface area (Å²) in [7, 11) is -1.15. The van der Waals surface area contributed by atoms with Gasteiger partial charge in [0, 0.05) is 45.3 Å². The van der Waals surface area contributed by atoms with Gasteiger partial charge in [-0.3, -0.25) is 9.48 Å². The highest BCUT2D eigenvalue weighted by atomic mass is 35.5. The average Bonchev–Trinajstić information content (AvgIpc) is 3.31. The van der Waals surface area contributed by atoms with Crippen molar-refractivity contribution in [1.82, 2.24) is 9.78 Å². The number of benzene rings is 1. The second-order valence-corrected chi connectivity index (χ2v) is 16.0. The average molecular weight is 482 g/mol. The van der Waals surface area contributed by atoms with Crippen LogP contribution in [-0.4, -0.2) is 43.7 Å². The molecule has 2 aliphatic rings. The van der Waals surface area contributed by atoms with E-state index in [2.05, 4.69) is 24.7 Å². The van der Waals surface area contributed by atoms with Gasteiger partial charge < -0.3 is 14.4 Å². The summed E-state index contributed by atoms with van der Waals surface area (Å²) in [5.41, 5.74) is 1.60. The Morgan fingerprint density at radius 3 is 2.71 bits per heavy atom. The minimum Gasteiger partial charge on any atom is -0.467 e. The van der Waals surface area contributed by atoms with E-state index in [9.17, 15) is 4.79 Å². The van der Waals surface area contributed by atoms with Gasteiger partial charge in [0.15, 0.2) is 6.79 Å². The molecule has 168 valence electrons. The van der Waals surface area contributed by atoms with E-state index in [1.54, 1.807) is 17.2 Å². The molecule has 2 fully saturated rings. The first-order valence-corrected chi connectivity index (χ1v) is 15.2. The van der Waals surface area contributed by atoms with Crippen LogP contribution in [0.3, 0.4) is 0 Å². The van der Waals surface area contributed by atoms with E-state index in [4.69, 9.17) is 32.7 Å². The van der Waals surface area contributed by atoms with Gasteiger partial charge in [-0.05, 0) is 31.0 Å². The lowest BCUT2D eigenvalue weighted by Gasteiger charge is -2.20. The highest BCUT2D eigenvalue weighted by Gasteiger charge is 2.36. The zero-order valence-electron chi connectivity index (χ0n) is 18.2. The van der Waals surface area contributed by atoms with Crippen molar-refractivity contribution in [2.24, 2.45) is 0 Å². The zero-order valence-corrected chi connectivity index (χ0v) is 20.7. The SMILES string of the molecule is C[Si](C)(C)CCOCOc1ccc(Cl)c(Cl)c1C1CC(=O)N(c2cnn(C3CC3)c2)C1. The van der Waals surface area contributed by atoms with Gasteiger partial charge in [0.2, 0.25) is 5.91 Å². The lowest BCUT2D eigenvalue weighted by Crippen LogP contribution is -2.24. The maximum Gasteiger partial charge on any atom is 0.227 e. The molecule has 1 saturated carbocycles. The monoisotopic (exact) mass is 481 g/mol. The predicted molar refractivity (Wildman–Crippen MR) is 126 cm³/mol. The summed E-state index contributed by atoms with van der Waals surface area (Å²) in [5, 5.41) is 5.31. The fraction of sp³-hybridized carbons (Fsp3) is 0.545. The number of anilines is 1. The van der Waals surface area contributed by atoms with E-state index in [0.29, 0.717) is 41.4 Å². The fourth-order valence-electron chi connectivity index (χ4n) is 3.75. The largest absolute Gasteiger partial charge is 0.467 e. The van der Waals surface area contributed by atoms with Crippen molar-refractivity contribution in [3.63, 3.8) is 0 Å². The quantitative estimate of drug-likeness (QED) is 0.260. The molecule has 1 saturated heterocycles. The van der Waals surface area contributed by atoms with Crippen LogP contribution < -0.4 is 9.64 Å². The van der Waals surface area contributed by atoms with Gasteiger partial charge in [0.1, 0.15) is 5.75 Å². The minimum atomic E-state index is -1.15. The molecule has 0 N–H and O–H groups in total. The van der Waals surface area contributed by atoms with Crippen LogP contribution in [0, 0.1) is 0 Å². The topological polar surface area (TPSA) is 56.6 Å². The molecule has 1 aromatic carbocycles. The highest BCUT2D eigenvalue weighted by Crippen LogP contribution is 2.43. The molecule has 31 heavy (non-hydrogen) atoms. The molecular weight excluding hydrogens is 453 g/mol. The summed E-state index contributed by atoms with van der Waals surface area (Å²) in [5.74, 6) is 0.560. The molecule has 2 aromatic rings. The molecule has 2 heterocycles. The summed E-state index contributed by atoms with van der Waals surface area (Å²) in [4.78, 5) is 14.6. The molecule has 4 rings (SSSR count). The number of aromatic nitrogens is 2. The lowest BCUT2D eigenvalue weighted by atomic mass is 9.97. The van der Waals surface area contributed by atoms with Crippen molar-refractivity contribution >= 4 is 42.9 Å². The fourth-order valence-corrected chi connectivity index (χ4v) is 4.99. The Labute approximate surface area is 194 Å². The summed E-state index contributed by atoms with van der Waals surface area (Å²) < 4.78 is 13.6. The standard InChI is InChI=1S/C22H29Cl2N3O3Si/c1-31(2,3)9-8-29-14-30-19-7-6-18(23)22(24)21(19)15-10-20(28)26(12-15)17-11-25-27(13-17)16-4-5-16/h6-7,11,13,15-16H,4-5,8-10,12,14H2,1-3H3. The normalized spacial score (nSPS) is 19.3. The summed E-state index contributed by atoms with van der Waals surface area (Å²) in [6.45, 7) is 8.27. The summed E-state index contributed by atoms with van der Waals surface area (Å²) in [6, 6.07) is 5.08. The van der Waals surface area contributed by atoms with Crippen LogP contribution in [0.4, 0.5) is 5.69 Å². The predicted octanol–water partition coefficient (Wildman–Crippen LogP) is 5.74. The van der Waals surface area contributed by atoms with Crippen LogP contribution in [0.25, 0.3) is 0 Å². The van der Waals surface area contributed by atoms with E-state index in [1.807, 2.05) is 16.9 Å². The van der Waals surface area contributed by atoms with Gasteiger partial charge in [-0.2, -0.15) is 5.10 Å². The second-order valence-electron chi connectivity index (χ2n) is 9.57. The molecule has 1 aliphatic heterocycles. The van der Waals surface area contributed by atoms with Crippen LogP contribution in [0.15, 0.2) is 24.5 Å². The van der Waals surface area contributed by atoms with Crippen molar-refractivity contribution in [2.45, 2.75) is 56.9 Å². The van der Waals surface area contributed by atoms with E-state index in [1.165, 1.54) is 0 Å². The van der Waals surface area contributed by atoms with Crippen LogP contribution >= 0.6 is 23.2 Å².